The SMILES string of the molecule is C/C(=C/C(=O)c1ccc(Cl)nc1Cl)Nc1cc([N+](=O)[O-])c(Cl)cc1F.C/C(=C\C(=O)c1ccc(Cl)nc1Cl)N(C)C. The minimum absolute atomic E-state index is 0.0742. The number of ketones is 2. The molecule has 0 aliphatic carbocycles. The second kappa shape index (κ2) is 15.1. The Balaban J connectivity index is 0.000000317. The van der Waals surface area contributed by atoms with Gasteiger partial charge in [0.15, 0.2) is 11.6 Å². The van der Waals surface area contributed by atoms with Gasteiger partial charge in [-0.3, -0.25) is 19.7 Å². The van der Waals surface area contributed by atoms with Gasteiger partial charge in [-0.25, -0.2) is 14.4 Å². The molecule has 1 aromatic carbocycles. The first-order chi connectivity index (χ1) is 19.1. The Labute approximate surface area is 259 Å². The summed E-state index contributed by atoms with van der Waals surface area (Å²) in [5, 5.41) is 13.6. The summed E-state index contributed by atoms with van der Waals surface area (Å²) in [5.74, 6) is -1.48. The Morgan fingerprint density at radius 3 is 1.83 bits per heavy atom. The predicted octanol–water partition coefficient (Wildman–Crippen LogP) is 8.32. The van der Waals surface area contributed by atoms with Crippen LogP contribution in [0.3, 0.4) is 0 Å². The summed E-state index contributed by atoms with van der Waals surface area (Å²) < 4.78 is 13.9. The predicted molar refractivity (Wildman–Crippen MR) is 160 cm³/mol. The van der Waals surface area contributed by atoms with Gasteiger partial charge in [0.05, 0.1) is 21.7 Å². The third-order valence-corrected chi connectivity index (χ3v) is 6.42. The number of rotatable bonds is 8. The number of carbonyl (C=O) groups is 2. The molecule has 2 aromatic heterocycles. The van der Waals surface area contributed by atoms with Gasteiger partial charge < -0.3 is 10.2 Å². The van der Waals surface area contributed by atoms with Crippen LogP contribution in [0.15, 0.2) is 59.9 Å². The number of nitrogens with zero attached hydrogens (tertiary/aromatic N) is 4. The maximum Gasteiger partial charge on any atom is 0.290 e. The van der Waals surface area contributed by atoms with Gasteiger partial charge in [0.2, 0.25) is 0 Å². The minimum atomic E-state index is -0.804. The fourth-order valence-electron chi connectivity index (χ4n) is 2.88. The van der Waals surface area contributed by atoms with Crippen LogP contribution in [0.5, 0.6) is 0 Å². The first-order valence-corrected chi connectivity index (χ1v) is 13.2. The third-order valence-electron chi connectivity index (χ3n) is 5.12. The Hall–Kier alpha value is -3.28. The summed E-state index contributed by atoms with van der Waals surface area (Å²) >= 11 is 28.6. The Bertz CT molecular complexity index is 1560. The molecule has 0 spiro atoms. The van der Waals surface area contributed by atoms with E-state index in [1.165, 1.54) is 25.1 Å². The highest BCUT2D eigenvalue weighted by Gasteiger charge is 2.18. The number of benzene rings is 1. The molecule has 0 amide bonds. The molecule has 15 heteroatoms. The lowest BCUT2D eigenvalue weighted by molar-refractivity contribution is -0.384. The number of hydrogen-bond acceptors (Lipinski definition) is 8. The van der Waals surface area contributed by atoms with Crippen molar-refractivity contribution in [3.05, 3.63) is 113 Å². The first-order valence-electron chi connectivity index (χ1n) is 11.3. The van der Waals surface area contributed by atoms with Crippen molar-refractivity contribution in [1.82, 2.24) is 14.9 Å². The average Bonchev–Trinajstić information content (AvgIpc) is 2.85. The van der Waals surface area contributed by atoms with Crippen LogP contribution in [0, 0.1) is 15.9 Å². The summed E-state index contributed by atoms with van der Waals surface area (Å²) in [6.07, 6.45) is 2.66. The Morgan fingerprint density at radius 2 is 1.39 bits per heavy atom. The highest BCUT2D eigenvalue weighted by Crippen LogP contribution is 2.31. The second-order valence-electron chi connectivity index (χ2n) is 8.35. The van der Waals surface area contributed by atoms with E-state index in [4.69, 9.17) is 58.0 Å². The van der Waals surface area contributed by atoms with Gasteiger partial charge in [0, 0.05) is 49.8 Å². The number of pyridine rings is 2. The monoisotopic (exact) mass is 661 g/mol. The normalized spacial score (nSPS) is 11.4. The molecule has 0 unspecified atom stereocenters. The quantitative estimate of drug-likeness (QED) is 0.0841. The van der Waals surface area contributed by atoms with E-state index in [0.29, 0.717) is 5.56 Å². The van der Waals surface area contributed by atoms with Crippen molar-refractivity contribution in [2.75, 3.05) is 19.4 Å². The number of carbonyl (C=O) groups excluding carboxylic acids is 2. The van der Waals surface area contributed by atoms with E-state index in [2.05, 4.69) is 15.3 Å². The number of nitro groups is 1. The number of nitro benzene ring substituents is 1. The van der Waals surface area contributed by atoms with Crippen molar-refractivity contribution in [1.29, 1.82) is 0 Å². The van der Waals surface area contributed by atoms with Crippen LogP contribution in [0.2, 0.25) is 25.6 Å². The summed E-state index contributed by atoms with van der Waals surface area (Å²) in [6, 6.07) is 7.67. The lowest BCUT2D eigenvalue weighted by atomic mass is 10.1. The standard InChI is InChI=1S/C15H9Cl3FN3O3.C11H12Cl2N2O/c1-7(4-13(23)8-2-3-14(17)21-15(8)18)20-11-6-12(22(24)25)9(16)5-10(11)19;1-7(15(2)3)6-9(16)8-4-5-10(12)14-11(8)13/h2-6,20H,1H3;4-6H,1-3H3/b7-4-;7-6+. The maximum absolute atomic E-state index is 13.9. The van der Waals surface area contributed by atoms with Crippen molar-refractivity contribution in [3.8, 4) is 0 Å². The molecule has 0 saturated carbocycles. The minimum Gasteiger partial charge on any atom is -0.381 e. The topological polar surface area (TPSA) is 118 Å². The number of allylic oxidation sites excluding steroid dienone is 4. The fraction of sp³-hybridized carbons (Fsp3) is 0.154. The van der Waals surface area contributed by atoms with E-state index < -0.39 is 22.2 Å². The molecular weight excluding hydrogens is 643 g/mol. The molecule has 3 aromatic rings. The van der Waals surface area contributed by atoms with Crippen LogP contribution >= 0.6 is 58.0 Å². The van der Waals surface area contributed by atoms with Crippen LogP contribution in [0.1, 0.15) is 34.6 Å². The van der Waals surface area contributed by atoms with Gasteiger partial charge in [-0.15, -0.1) is 0 Å². The summed E-state index contributed by atoms with van der Waals surface area (Å²) in [7, 11) is 3.72. The van der Waals surface area contributed by atoms with E-state index in [-0.39, 0.29) is 48.4 Å². The van der Waals surface area contributed by atoms with E-state index >= 15 is 0 Å². The van der Waals surface area contributed by atoms with E-state index in [1.807, 2.05) is 25.9 Å². The van der Waals surface area contributed by atoms with Gasteiger partial charge >= 0.3 is 0 Å². The molecule has 0 radical (unpaired) electrons. The largest absolute Gasteiger partial charge is 0.381 e. The molecule has 2 heterocycles. The van der Waals surface area contributed by atoms with Crippen LogP contribution in [-0.2, 0) is 0 Å². The Kier molecular flexibility index (Phi) is 12.5. The van der Waals surface area contributed by atoms with Gasteiger partial charge in [-0.1, -0.05) is 58.0 Å². The molecule has 0 aliphatic rings. The average molecular weight is 664 g/mol. The molecule has 0 bridgehead atoms. The molecule has 216 valence electrons. The molecular formula is C26H21Cl5FN5O4. The van der Waals surface area contributed by atoms with Crippen LogP contribution in [0.25, 0.3) is 0 Å². The number of halogens is 6. The highest BCUT2D eigenvalue weighted by molar-refractivity contribution is 6.36. The maximum atomic E-state index is 13.9. The molecule has 0 saturated heterocycles. The molecule has 41 heavy (non-hydrogen) atoms. The first kappa shape index (κ1) is 33.9. The van der Waals surface area contributed by atoms with Crippen molar-refractivity contribution in [3.63, 3.8) is 0 Å². The van der Waals surface area contributed by atoms with Crippen LogP contribution in [-0.4, -0.2) is 45.5 Å². The fourth-order valence-corrected chi connectivity index (χ4v) is 3.98. The lowest BCUT2D eigenvalue weighted by Crippen LogP contribution is -2.10. The number of nitrogens with one attached hydrogen (secondary N) is 1. The van der Waals surface area contributed by atoms with Crippen LogP contribution < -0.4 is 5.32 Å². The lowest BCUT2D eigenvalue weighted by Gasteiger charge is -2.11. The van der Waals surface area contributed by atoms with Crippen molar-refractivity contribution < 1.29 is 18.9 Å². The summed E-state index contributed by atoms with van der Waals surface area (Å²) in [5.41, 5.74) is 0.872. The molecule has 0 aliphatic heterocycles. The summed E-state index contributed by atoms with van der Waals surface area (Å²) in [6.45, 7) is 3.32. The molecule has 0 fully saturated rings. The van der Waals surface area contributed by atoms with Crippen molar-refractivity contribution >= 4 is 80.9 Å². The van der Waals surface area contributed by atoms with Gasteiger partial charge in [0.1, 0.15) is 31.5 Å². The zero-order chi connectivity index (χ0) is 31.0. The molecule has 1 N–H and O–H groups in total. The Morgan fingerprint density at radius 1 is 0.902 bits per heavy atom. The zero-order valence-corrected chi connectivity index (χ0v) is 25.6. The molecule has 9 nitrogen and oxygen atoms in total. The zero-order valence-electron chi connectivity index (χ0n) is 21.8. The van der Waals surface area contributed by atoms with Gasteiger partial charge in [0.25, 0.3) is 5.69 Å². The summed E-state index contributed by atoms with van der Waals surface area (Å²) in [4.78, 5) is 43.5. The molecule has 3 rings (SSSR count). The van der Waals surface area contributed by atoms with Gasteiger partial charge in [-0.2, -0.15) is 0 Å². The highest BCUT2D eigenvalue weighted by atomic mass is 35.5. The van der Waals surface area contributed by atoms with Gasteiger partial charge in [-0.05, 0) is 38.1 Å². The van der Waals surface area contributed by atoms with E-state index in [0.717, 1.165) is 23.9 Å². The second-order valence-corrected chi connectivity index (χ2v) is 10.2. The van der Waals surface area contributed by atoms with E-state index in [9.17, 15) is 24.1 Å². The van der Waals surface area contributed by atoms with Crippen molar-refractivity contribution in [2.24, 2.45) is 0 Å². The van der Waals surface area contributed by atoms with Crippen molar-refractivity contribution in [2.45, 2.75) is 13.8 Å². The van der Waals surface area contributed by atoms with E-state index in [1.54, 1.807) is 12.1 Å². The van der Waals surface area contributed by atoms with Crippen LogP contribution in [0.4, 0.5) is 15.8 Å². The number of aromatic nitrogens is 2. The molecule has 0 atom stereocenters. The number of hydrogen-bond donors (Lipinski definition) is 1. The third kappa shape index (κ3) is 9.94. The smallest absolute Gasteiger partial charge is 0.290 e. The number of anilines is 1.